The Morgan fingerprint density at radius 2 is 1.88 bits per heavy atom. The highest BCUT2D eigenvalue weighted by Crippen LogP contribution is 2.34. The average molecular weight is 358 g/mol. The molecular weight excluding hydrogens is 340 g/mol. The number of aryl methyl sites for hydroxylation is 1. The third kappa shape index (κ3) is 3.88. The lowest BCUT2D eigenvalue weighted by Crippen LogP contribution is -2.10. The van der Waals surface area contributed by atoms with Gasteiger partial charge in [-0.1, -0.05) is 18.2 Å². The summed E-state index contributed by atoms with van der Waals surface area (Å²) in [6.45, 7) is 4.69. The van der Waals surface area contributed by atoms with Gasteiger partial charge in [0.25, 0.3) is 0 Å². The number of para-hydroxylation sites is 1. The molecule has 0 spiro atoms. The number of fused-ring (bicyclic) bond motifs is 1. The first kappa shape index (κ1) is 17.2. The first-order valence-electron chi connectivity index (χ1n) is 7.92. The number of hydrogen-bond acceptors (Lipinski definition) is 7. The third-order valence-corrected chi connectivity index (χ3v) is 4.67. The van der Waals surface area contributed by atoms with Crippen LogP contribution in [0, 0.1) is 6.92 Å². The van der Waals surface area contributed by atoms with E-state index in [-0.39, 0.29) is 5.97 Å². The normalized spacial score (nSPS) is 10.6. The second-order valence-corrected chi connectivity index (χ2v) is 6.14. The maximum Gasteiger partial charge on any atom is 0.348 e. The molecule has 0 radical (unpaired) electrons. The zero-order valence-electron chi connectivity index (χ0n) is 14.0. The lowest BCUT2D eigenvalue weighted by atomic mass is 10.2. The lowest BCUT2D eigenvalue weighted by Gasteiger charge is -2.08. The third-order valence-electron chi connectivity index (χ3n) is 3.49. The minimum absolute atomic E-state index is 0.332. The lowest BCUT2D eigenvalue weighted by molar-refractivity contribution is 0.0531. The van der Waals surface area contributed by atoms with Gasteiger partial charge in [-0.25, -0.2) is 14.8 Å². The first-order chi connectivity index (χ1) is 12.2. The number of nitrogens with zero attached hydrogens (tertiary/aromatic N) is 2. The largest absolute Gasteiger partial charge is 0.490 e. The number of aromatic nitrogens is 2. The van der Waals surface area contributed by atoms with Crippen LogP contribution in [0.5, 0.6) is 11.6 Å². The van der Waals surface area contributed by atoms with E-state index in [1.165, 1.54) is 17.7 Å². The van der Waals surface area contributed by atoms with Gasteiger partial charge in [0.2, 0.25) is 5.88 Å². The Hall–Kier alpha value is -2.67. The van der Waals surface area contributed by atoms with Gasteiger partial charge in [-0.2, -0.15) is 0 Å². The van der Waals surface area contributed by atoms with Gasteiger partial charge in [0, 0.05) is 0 Å². The molecule has 130 valence electrons. The van der Waals surface area contributed by atoms with Crippen LogP contribution in [0.25, 0.3) is 10.2 Å². The van der Waals surface area contributed by atoms with Crippen LogP contribution in [0.1, 0.15) is 22.2 Å². The van der Waals surface area contributed by atoms with Crippen LogP contribution in [0.15, 0.2) is 36.7 Å². The van der Waals surface area contributed by atoms with Crippen molar-refractivity contribution in [1.82, 2.24) is 9.97 Å². The Labute approximate surface area is 149 Å². The molecule has 6 nitrogen and oxygen atoms in total. The molecule has 0 amide bonds. The van der Waals surface area contributed by atoms with E-state index >= 15 is 0 Å². The molecule has 0 atom stereocenters. The fourth-order valence-corrected chi connectivity index (χ4v) is 3.39. The number of esters is 1. The Kier molecular flexibility index (Phi) is 5.45. The molecule has 3 aromatic rings. The first-order valence-corrected chi connectivity index (χ1v) is 8.74. The van der Waals surface area contributed by atoms with Crippen LogP contribution in [0.2, 0.25) is 0 Å². The van der Waals surface area contributed by atoms with Crippen LogP contribution >= 0.6 is 11.3 Å². The van der Waals surface area contributed by atoms with Gasteiger partial charge < -0.3 is 14.2 Å². The van der Waals surface area contributed by atoms with Crippen molar-refractivity contribution < 1.29 is 19.0 Å². The molecule has 2 heterocycles. The number of carbonyl (C=O) groups excluding carboxylic acids is 1. The molecule has 3 rings (SSSR count). The van der Waals surface area contributed by atoms with E-state index in [4.69, 9.17) is 14.2 Å². The zero-order valence-corrected chi connectivity index (χ0v) is 14.8. The molecule has 0 aliphatic carbocycles. The Bertz CT molecular complexity index is 864. The molecule has 0 saturated carbocycles. The van der Waals surface area contributed by atoms with Crippen LogP contribution < -0.4 is 9.47 Å². The van der Waals surface area contributed by atoms with Crippen LogP contribution in [0.3, 0.4) is 0 Å². The summed E-state index contributed by atoms with van der Waals surface area (Å²) in [6.07, 6.45) is 1.43. The van der Waals surface area contributed by atoms with E-state index < -0.39 is 0 Å². The fraction of sp³-hybridized carbons (Fsp3) is 0.278. The maximum atomic E-state index is 12.0. The number of rotatable bonds is 7. The van der Waals surface area contributed by atoms with Crippen molar-refractivity contribution in [3.63, 3.8) is 0 Å². The molecule has 0 saturated heterocycles. The monoisotopic (exact) mass is 358 g/mol. The van der Waals surface area contributed by atoms with Crippen molar-refractivity contribution in [2.45, 2.75) is 13.8 Å². The zero-order chi connectivity index (χ0) is 17.6. The summed E-state index contributed by atoms with van der Waals surface area (Å²) < 4.78 is 16.4. The number of hydrogen-bond donors (Lipinski definition) is 0. The standard InChI is InChI=1S/C18H18N2O4S/c1-3-22-18(21)15-12(2)14-16(19-11-20-17(14)25-15)24-10-9-23-13-7-5-4-6-8-13/h4-8,11H,3,9-10H2,1-2H3. The SMILES string of the molecule is CCOC(=O)c1sc2ncnc(OCCOc3ccccc3)c2c1C. The van der Waals surface area contributed by atoms with E-state index in [1.54, 1.807) is 6.92 Å². The molecule has 0 fully saturated rings. The quantitative estimate of drug-likeness (QED) is 0.474. The number of benzene rings is 1. The second kappa shape index (κ2) is 7.94. The van der Waals surface area contributed by atoms with Crippen molar-refractivity contribution in [3.05, 3.63) is 47.1 Å². The minimum atomic E-state index is -0.346. The molecule has 25 heavy (non-hydrogen) atoms. The summed E-state index contributed by atoms with van der Waals surface area (Å²) in [6, 6.07) is 9.53. The Morgan fingerprint density at radius 1 is 1.12 bits per heavy atom. The van der Waals surface area contributed by atoms with E-state index in [1.807, 2.05) is 37.3 Å². The predicted octanol–water partition coefficient (Wildman–Crippen LogP) is 3.63. The predicted molar refractivity (Wildman–Crippen MR) is 95.5 cm³/mol. The van der Waals surface area contributed by atoms with E-state index in [2.05, 4.69) is 9.97 Å². The van der Waals surface area contributed by atoms with Crippen molar-refractivity contribution in [3.8, 4) is 11.6 Å². The van der Waals surface area contributed by atoms with E-state index in [0.29, 0.717) is 35.4 Å². The molecule has 0 bridgehead atoms. The van der Waals surface area contributed by atoms with Gasteiger partial charge in [0.1, 0.15) is 35.0 Å². The summed E-state index contributed by atoms with van der Waals surface area (Å²) in [5, 5.41) is 0.746. The summed E-state index contributed by atoms with van der Waals surface area (Å²) in [5.74, 6) is 0.891. The summed E-state index contributed by atoms with van der Waals surface area (Å²) in [5.41, 5.74) is 0.776. The molecule has 0 aliphatic heterocycles. The average Bonchev–Trinajstić information content (AvgIpc) is 2.98. The molecule has 0 unspecified atom stereocenters. The van der Waals surface area contributed by atoms with Crippen molar-refractivity contribution in [1.29, 1.82) is 0 Å². The van der Waals surface area contributed by atoms with Gasteiger partial charge in [-0.3, -0.25) is 0 Å². The molecule has 2 aromatic heterocycles. The Balaban J connectivity index is 1.72. The van der Waals surface area contributed by atoms with E-state index in [9.17, 15) is 4.79 Å². The highest BCUT2D eigenvalue weighted by atomic mass is 32.1. The van der Waals surface area contributed by atoms with Crippen LogP contribution in [-0.2, 0) is 4.74 Å². The fourth-order valence-electron chi connectivity index (χ4n) is 2.35. The van der Waals surface area contributed by atoms with Gasteiger partial charge in [0.05, 0.1) is 12.0 Å². The number of thiophene rings is 1. The highest BCUT2D eigenvalue weighted by molar-refractivity contribution is 7.20. The molecule has 7 heteroatoms. The Morgan fingerprint density at radius 3 is 2.64 bits per heavy atom. The molecule has 0 aliphatic rings. The van der Waals surface area contributed by atoms with Gasteiger partial charge in [-0.15, -0.1) is 11.3 Å². The summed E-state index contributed by atoms with van der Waals surface area (Å²) in [4.78, 5) is 21.7. The van der Waals surface area contributed by atoms with Gasteiger partial charge in [0.15, 0.2) is 0 Å². The summed E-state index contributed by atoms with van der Waals surface area (Å²) in [7, 11) is 0. The van der Waals surface area contributed by atoms with Gasteiger partial charge >= 0.3 is 5.97 Å². The van der Waals surface area contributed by atoms with Crippen LogP contribution in [0.4, 0.5) is 0 Å². The smallest absolute Gasteiger partial charge is 0.348 e. The minimum Gasteiger partial charge on any atom is -0.490 e. The molecule has 0 N–H and O–H groups in total. The topological polar surface area (TPSA) is 70.5 Å². The number of carbonyl (C=O) groups is 1. The van der Waals surface area contributed by atoms with E-state index in [0.717, 1.165) is 16.7 Å². The van der Waals surface area contributed by atoms with Gasteiger partial charge in [-0.05, 0) is 31.5 Å². The molecular formula is C18H18N2O4S. The van der Waals surface area contributed by atoms with Crippen LogP contribution in [-0.4, -0.2) is 35.8 Å². The van der Waals surface area contributed by atoms with Crippen molar-refractivity contribution in [2.75, 3.05) is 19.8 Å². The second-order valence-electron chi connectivity index (χ2n) is 5.15. The number of ether oxygens (including phenoxy) is 3. The molecule has 1 aromatic carbocycles. The highest BCUT2D eigenvalue weighted by Gasteiger charge is 2.20. The van der Waals surface area contributed by atoms with Crippen molar-refractivity contribution in [2.24, 2.45) is 0 Å². The van der Waals surface area contributed by atoms with Crippen molar-refractivity contribution >= 4 is 27.5 Å². The summed E-state index contributed by atoms with van der Waals surface area (Å²) >= 11 is 1.29. The maximum absolute atomic E-state index is 12.0.